The molecule has 196 valence electrons. The van der Waals surface area contributed by atoms with Gasteiger partial charge in [0.1, 0.15) is 24.7 Å². The third-order valence-electron chi connectivity index (χ3n) is 6.45. The summed E-state index contributed by atoms with van der Waals surface area (Å²) in [6.07, 6.45) is 0. The Labute approximate surface area is 224 Å². The summed E-state index contributed by atoms with van der Waals surface area (Å²) in [5.41, 5.74) is 0.601. The molecule has 1 N–H and O–H groups in total. The largest absolute Gasteiger partial charge is 0.507 e. The topological polar surface area (TPSA) is 141 Å². The first-order valence-electron chi connectivity index (χ1n) is 11.8. The molecule has 1 atom stereocenters. The van der Waals surface area contributed by atoms with Crippen LogP contribution in [0.2, 0.25) is 0 Å². The van der Waals surface area contributed by atoms with E-state index in [9.17, 15) is 24.8 Å². The molecular formula is C27H19N3O8S. The number of nitro groups is 1. The number of carbonyl (C=O) groups is 2. The molecule has 4 aromatic rings. The van der Waals surface area contributed by atoms with Gasteiger partial charge in [0.2, 0.25) is 0 Å². The predicted molar refractivity (Wildman–Crippen MR) is 141 cm³/mol. The van der Waals surface area contributed by atoms with Gasteiger partial charge in [-0.3, -0.25) is 24.6 Å². The molecule has 3 aromatic carbocycles. The predicted octanol–water partition coefficient (Wildman–Crippen LogP) is 4.61. The molecule has 0 aliphatic carbocycles. The lowest BCUT2D eigenvalue weighted by Crippen LogP contribution is -2.29. The Balaban J connectivity index is 1.55. The molecule has 0 spiro atoms. The number of aromatic nitrogens is 1. The summed E-state index contributed by atoms with van der Waals surface area (Å²) in [4.78, 5) is 43.7. The molecule has 0 unspecified atom stereocenters. The van der Waals surface area contributed by atoms with E-state index >= 15 is 0 Å². The van der Waals surface area contributed by atoms with Crippen LogP contribution >= 0.6 is 11.3 Å². The van der Waals surface area contributed by atoms with Crippen molar-refractivity contribution in [3.8, 4) is 17.2 Å². The average molecular weight is 546 g/mol. The number of Topliss-reactive ketones (excluding diaryl/α,β-unsaturated/α-hetero) is 1. The summed E-state index contributed by atoms with van der Waals surface area (Å²) in [6, 6.07) is 14.3. The maximum atomic E-state index is 13.5. The van der Waals surface area contributed by atoms with Crippen molar-refractivity contribution in [2.75, 3.05) is 25.2 Å². The van der Waals surface area contributed by atoms with Crippen LogP contribution < -0.4 is 19.1 Å². The van der Waals surface area contributed by atoms with E-state index in [1.807, 2.05) is 0 Å². The zero-order chi connectivity index (χ0) is 27.3. The number of rotatable bonds is 5. The van der Waals surface area contributed by atoms with E-state index in [2.05, 4.69) is 4.98 Å². The molecule has 11 nitrogen and oxygen atoms in total. The number of ketones is 1. The highest BCUT2D eigenvalue weighted by Crippen LogP contribution is 2.45. The fraction of sp³-hybridized carbons (Fsp3) is 0.148. The van der Waals surface area contributed by atoms with E-state index in [0.717, 1.165) is 11.3 Å². The number of hydrogen-bond acceptors (Lipinski definition) is 10. The smallest absolute Gasteiger partial charge is 0.301 e. The van der Waals surface area contributed by atoms with Gasteiger partial charge in [-0.25, -0.2) is 4.98 Å². The molecule has 12 heteroatoms. The SMILES string of the molecule is COc1ccc2nc(N3C(=O)C(=O)C(=C(O)c4ccc5c(c4)OCCO5)[C@H]3c3cccc([N+](=O)[O-])c3)sc2c1. The first-order chi connectivity index (χ1) is 18.9. The second kappa shape index (κ2) is 9.40. The number of carbonyl (C=O) groups excluding carboxylic acids is 2. The van der Waals surface area contributed by atoms with Gasteiger partial charge < -0.3 is 19.3 Å². The maximum Gasteiger partial charge on any atom is 0.301 e. The van der Waals surface area contributed by atoms with Gasteiger partial charge in [0, 0.05) is 17.7 Å². The van der Waals surface area contributed by atoms with E-state index in [-0.39, 0.29) is 27.5 Å². The number of thiazole rings is 1. The van der Waals surface area contributed by atoms with Crippen molar-refractivity contribution in [1.82, 2.24) is 4.98 Å². The lowest BCUT2D eigenvalue weighted by molar-refractivity contribution is -0.384. The van der Waals surface area contributed by atoms with Crippen LogP contribution in [0.1, 0.15) is 17.2 Å². The van der Waals surface area contributed by atoms with Gasteiger partial charge in [-0.2, -0.15) is 0 Å². The van der Waals surface area contributed by atoms with Crippen molar-refractivity contribution in [2.24, 2.45) is 0 Å². The zero-order valence-electron chi connectivity index (χ0n) is 20.3. The number of nitrogens with zero attached hydrogens (tertiary/aromatic N) is 3. The van der Waals surface area contributed by atoms with Crippen LogP contribution in [0, 0.1) is 10.1 Å². The summed E-state index contributed by atoms with van der Waals surface area (Å²) in [5.74, 6) is -0.863. The molecule has 6 rings (SSSR count). The number of aliphatic hydroxyl groups is 1. The van der Waals surface area contributed by atoms with Gasteiger partial charge in [-0.05, 0) is 42.0 Å². The first-order valence-corrected chi connectivity index (χ1v) is 12.6. The third kappa shape index (κ3) is 4.10. The highest BCUT2D eigenvalue weighted by Gasteiger charge is 2.48. The van der Waals surface area contributed by atoms with Crippen LogP contribution in [-0.4, -0.2) is 47.0 Å². The van der Waals surface area contributed by atoms with E-state index in [1.54, 1.807) is 36.4 Å². The molecule has 3 heterocycles. The Kier molecular flexibility index (Phi) is 5.88. The number of fused-ring (bicyclic) bond motifs is 2. The fourth-order valence-electron chi connectivity index (χ4n) is 4.62. The molecule has 0 bridgehead atoms. The van der Waals surface area contributed by atoms with Gasteiger partial charge in [0.05, 0.1) is 33.9 Å². The zero-order valence-corrected chi connectivity index (χ0v) is 21.1. The first kappa shape index (κ1) is 24.4. The lowest BCUT2D eigenvalue weighted by Gasteiger charge is -2.23. The van der Waals surface area contributed by atoms with Gasteiger partial charge in [0.25, 0.3) is 11.5 Å². The number of hydrogen-bond donors (Lipinski definition) is 1. The molecular weight excluding hydrogens is 526 g/mol. The average Bonchev–Trinajstić information content (AvgIpc) is 3.49. The van der Waals surface area contributed by atoms with Crippen molar-refractivity contribution in [3.63, 3.8) is 0 Å². The van der Waals surface area contributed by atoms with E-state index < -0.39 is 28.4 Å². The molecule has 0 saturated carbocycles. The van der Waals surface area contributed by atoms with Gasteiger partial charge in [0.15, 0.2) is 16.6 Å². The van der Waals surface area contributed by atoms with Crippen molar-refractivity contribution in [2.45, 2.75) is 6.04 Å². The number of methoxy groups -OCH3 is 1. The van der Waals surface area contributed by atoms with E-state index in [0.29, 0.717) is 40.7 Å². The Morgan fingerprint density at radius 2 is 1.90 bits per heavy atom. The summed E-state index contributed by atoms with van der Waals surface area (Å²) in [7, 11) is 1.53. The quantitative estimate of drug-likeness (QED) is 0.125. The number of non-ortho nitro benzene ring substituents is 1. The third-order valence-corrected chi connectivity index (χ3v) is 7.46. The Bertz CT molecular complexity index is 1710. The van der Waals surface area contributed by atoms with Crippen LogP contribution in [0.5, 0.6) is 17.2 Å². The minimum absolute atomic E-state index is 0.193. The minimum Gasteiger partial charge on any atom is -0.507 e. The highest BCUT2D eigenvalue weighted by molar-refractivity contribution is 7.22. The minimum atomic E-state index is -1.18. The Morgan fingerprint density at radius 1 is 1.10 bits per heavy atom. The van der Waals surface area contributed by atoms with Crippen LogP contribution in [0.15, 0.2) is 66.2 Å². The monoisotopic (exact) mass is 545 g/mol. The molecule has 1 saturated heterocycles. The Hall–Kier alpha value is -4.97. The molecule has 2 aliphatic heterocycles. The van der Waals surface area contributed by atoms with Gasteiger partial charge >= 0.3 is 5.91 Å². The van der Waals surface area contributed by atoms with E-state index in [4.69, 9.17) is 14.2 Å². The van der Waals surface area contributed by atoms with Crippen molar-refractivity contribution >= 4 is 49.8 Å². The standard InChI is InChI=1S/C27H19N3O8S/c1-36-17-6-7-18-21(13-17)39-27(28-18)29-23(14-3-2-4-16(11-14)30(34)35)22(25(32)26(29)33)24(31)15-5-8-19-20(12-15)38-10-9-37-19/h2-8,11-13,23,31H,9-10H2,1H3/t23-/m1/s1. The highest BCUT2D eigenvalue weighted by atomic mass is 32.1. The van der Waals surface area contributed by atoms with Crippen LogP contribution in [0.25, 0.3) is 16.0 Å². The number of anilines is 1. The van der Waals surface area contributed by atoms with E-state index in [1.165, 1.54) is 36.3 Å². The summed E-state index contributed by atoms with van der Waals surface area (Å²) < 4.78 is 17.1. The molecule has 2 aliphatic rings. The molecule has 39 heavy (non-hydrogen) atoms. The second-order valence-electron chi connectivity index (χ2n) is 8.71. The number of nitro benzene ring substituents is 1. The normalized spacial score (nSPS) is 18.0. The molecule has 1 amide bonds. The maximum absolute atomic E-state index is 13.5. The second-order valence-corrected chi connectivity index (χ2v) is 9.72. The molecule has 1 aromatic heterocycles. The van der Waals surface area contributed by atoms with Crippen molar-refractivity contribution in [3.05, 3.63) is 87.5 Å². The number of ether oxygens (including phenoxy) is 3. The number of aliphatic hydroxyl groups excluding tert-OH is 1. The van der Waals surface area contributed by atoms with Crippen LogP contribution in [0.3, 0.4) is 0 Å². The summed E-state index contributed by atoms with van der Waals surface area (Å²) in [5, 5.41) is 23.2. The van der Waals surface area contributed by atoms with Crippen molar-refractivity contribution < 1.29 is 33.8 Å². The molecule has 1 fully saturated rings. The summed E-state index contributed by atoms with van der Waals surface area (Å²) >= 11 is 1.15. The lowest BCUT2D eigenvalue weighted by atomic mass is 9.95. The number of benzene rings is 3. The van der Waals surface area contributed by atoms with Crippen LogP contribution in [0.4, 0.5) is 10.8 Å². The Morgan fingerprint density at radius 3 is 2.67 bits per heavy atom. The van der Waals surface area contributed by atoms with Gasteiger partial charge in [-0.1, -0.05) is 23.5 Å². The number of amides is 1. The summed E-state index contributed by atoms with van der Waals surface area (Å²) in [6.45, 7) is 0.696. The van der Waals surface area contributed by atoms with Crippen molar-refractivity contribution in [1.29, 1.82) is 0 Å². The van der Waals surface area contributed by atoms with Gasteiger partial charge in [-0.15, -0.1) is 0 Å². The molecule has 0 radical (unpaired) electrons. The van der Waals surface area contributed by atoms with Crippen LogP contribution in [-0.2, 0) is 9.59 Å². The fourth-order valence-corrected chi connectivity index (χ4v) is 5.64.